The summed E-state index contributed by atoms with van der Waals surface area (Å²) in [5.74, 6) is 1.86. The summed E-state index contributed by atoms with van der Waals surface area (Å²) in [6.07, 6.45) is 9.36. The molecular weight excluding hydrogens is 322 g/mol. The van der Waals surface area contributed by atoms with Crippen LogP contribution in [0.25, 0.3) is 10.8 Å². The molecular formula is C23H33NO2. The summed E-state index contributed by atoms with van der Waals surface area (Å²) in [5, 5.41) is 11.7. The Bertz CT molecular complexity index is 717. The summed E-state index contributed by atoms with van der Waals surface area (Å²) in [6, 6.07) is 12.4. The second-order valence-electron chi connectivity index (χ2n) is 8.20. The molecule has 3 rings (SSSR count). The van der Waals surface area contributed by atoms with Crippen molar-refractivity contribution < 1.29 is 9.84 Å². The molecule has 0 aromatic heterocycles. The van der Waals surface area contributed by atoms with Gasteiger partial charge in [0.2, 0.25) is 0 Å². The van der Waals surface area contributed by atoms with Crippen molar-refractivity contribution in [3.8, 4) is 5.75 Å². The van der Waals surface area contributed by atoms with Crippen molar-refractivity contribution >= 4 is 10.8 Å². The van der Waals surface area contributed by atoms with Gasteiger partial charge in [0.1, 0.15) is 5.75 Å². The molecule has 0 spiro atoms. The van der Waals surface area contributed by atoms with E-state index in [0.717, 1.165) is 28.0 Å². The van der Waals surface area contributed by atoms with Crippen LogP contribution in [0.1, 0.15) is 64.4 Å². The van der Waals surface area contributed by atoms with Crippen molar-refractivity contribution in [2.75, 3.05) is 6.61 Å². The maximum Gasteiger partial charge on any atom is 0.120 e. The van der Waals surface area contributed by atoms with E-state index in [1.165, 1.54) is 44.9 Å². The lowest BCUT2D eigenvalue weighted by Gasteiger charge is -2.29. The molecule has 0 unspecified atom stereocenters. The van der Waals surface area contributed by atoms with Gasteiger partial charge in [-0.05, 0) is 73.1 Å². The molecule has 1 atom stereocenters. The number of rotatable bonds is 7. The number of aliphatic hydroxyl groups is 1. The normalized spacial score (nSPS) is 22.9. The topological polar surface area (TPSA) is 55.5 Å². The van der Waals surface area contributed by atoms with Crippen LogP contribution < -0.4 is 10.5 Å². The lowest BCUT2D eigenvalue weighted by molar-refractivity contribution is 0.128. The predicted molar refractivity (Wildman–Crippen MR) is 108 cm³/mol. The molecule has 3 nitrogen and oxygen atoms in total. The molecule has 1 aliphatic carbocycles. The van der Waals surface area contributed by atoms with Gasteiger partial charge in [-0.2, -0.15) is 0 Å². The second kappa shape index (κ2) is 8.41. The zero-order valence-corrected chi connectivity index (χ0v) is 16.2. The number of benzene rings is 2. The van der Waals surface area contributed by atoms with Crippen molar-refractivity contribution in [2.45, 2.75) is 70.4 Å². The Kier molecular flexibility index (Phi) is 6.20. The van der Waals surface area contributed by atoms with Crippen LogP contribution in [0.15, 0.2) is 36.4 Å². The average Bonchev–Trinajstić information content (AvgIpc) is 2.67. The van der Waals surface area contributed by atoms with Crippen molar-refractivity contribution in [3.63, 3.8) is 0 Å². The van der Waals surface area contributed by atoms with Crippen molar-refractivity contribution in [2.24, 2.45) is 11.7 Å². The van der Waals surface area contributed by atoms with Crippen molar-refractivity contribution in [3.05, 3.63) is 42.0 Å². The summed E-state index contributed by atoms with van der Waals surface area (Å²) >= 11 is 0. The number of ether oxygens (including phenoxy) is 1. The van der Waals surface area contributed by atoms with Gasteiger partial charge < -0.3 is 15.6 Å². The minimum absolute atomic E-state index is 0.0688. The molecule has 1 aliphatic rings. The third kappa shape index (κ3) is 4.57. The van der Waals surface area contributed by atoms with Gasteiger partial charge in [0.15, 0.2) is 0 Å². The number of aliphatic hydroxyl groups excluding tert-OH is 1. The smallest absolute Gasteiger partial charge is 0.120 e. The number of nitrogens with two attached hydrogens (primary N) is 1. The van der Waals surface area contributed by atoms with Crippen LogP contribution in [0.3, 0.4) is 0 Å². The van der Waals surface area contributed by atoms with E-state index in [-0.39, 0.29) is 6.61 Å². The molecule has 3 N–H and O–H groups in total. The maximum atomic E-state index is 9.47. The van der Waals surface area contributed by atoms with E-state index in [1.807, 2.05) is 13.0 Å². The Morgan fingerprint density at radius 2 is 1.77 bits per heavy atom. The summed E-state index contributed by atoms with van der Waals surface area (Å²) in [6.45, 7) is 4.05. The van der Waals surface area contributed by atoms with E-state index >= 15 is 0 Å². The highest BCUT2D eigenvalue weighted by molar-refractivity contribution is 5.84. The first-order valence-corrected chi connectivity index (χ1v) is 10.1. The lowest BCUT2D eigenvalue weighted by Crippen LogP contribution is -2.36. The van der Waals surface area contributed by atoms with Gasteiger partial charge in [0.25, 0.3) is 0 Å². The first-order chi connectivity index (χ1) is 12.5. The minimum atomic E-state index is -0.709. The van der Waals surface area contributed by atoms with Crippen LogP contribution in [0.5, 0.6) is 5.75 Å². The van der Waals surface area contributed by atoms with Crippen LogP contribution >= 0.6 is 0 Å². The quantitative estimate of drug-likeness (QED) is 0.723. The fourth-order valence-electron chi connectivity index (χ4n) is 3.97. The molecule has 2 aromatic carbocycles. The van der Waals surface area contributed by atoms with Crippen LogP contribution in [0, 0.1) is 5.92 Å². The monoisotopic (exact) mass is 355 g/mol. The standard InChI is InChI=1S/C23H33NO2/c1-3-4-5-17-6-11-21(12-7-17)26-22-13-9-18-14-20(23(2,24)16-25)10-8-19(18)15-22/h8-10,13-15,17,21,25H,3-7,11-12,16,24H2,1-2H3/t17-,21+,23-/m0/s1. The van der Waals surface area contributed by atoms with Crippen LogP contribution in [0.2, 0.25) is 0 Å². The summed E-state index contributed by atoms with van der Waals surface area (Å²) in [5.41, 5.74) is 6.39. The molecule has 2 aromatic rings. The van der Waals surface area contributed by atoms with E-state index < -0.39 is 5.54 Å². The summed E-state index contributed by atoms with van der Waals surface area (Å²) < 4.78 is 6.27. The predicted octanol–water partition coefficient (Wildman–Crippen LogP) is 5.13. The van der Waals surface area contributed by atoms with Gasteiger partial charge in [-0.15, -0.1) is 0 Å². The number of hydrogen-bond acceptors (Lipinski definition) is 3. The van der Waals surface area contributed by atoms with E-state index in [0.29, 0.717) is 6.10 Å². The molecule has 0 amide bonds. The van der Waals surface area contributed by atoms with Crippen LogP contribution in [-0.2, 0) is 5.54 Å². The second-order valence-corrected chi connectivity index (χ2v) is 8.20. The van der Waals surface area contributed by atoms with E-state index in [2.05, 4.69) is 37.3 Å². The molecule has 3 heteroatoms. The number of fused-ring (bicyclic) bond motifs is 1. The van der Waals surface area contributed by atoms with E-state index in [4.69, 9.17) is 10.5 Å². The van der Waals surface area contributed by atoms with E-state index in [9.17, 15) is 5.11 Å². The highest BCUT2D eigenvalue weighted by Crippen LogP contribution is 2.32. The largest absolute Gasteiger partial charge is 0.490 e. The van der Waals surface area contributed by atoms with Crippen LogP contribution in [-0.4, -0.2) is 17.8 Å². The number of hydrogen-bond donors (Lipinski definition) is 2. The Balaban J connectivity index is 1.64. The Morgan fingerprint density at radius 3 is 2.46 bits per heavy atom. The molecule has 0 aliphatic heterocycles. The van der Waals surface area contributed by atoms with E-state index in [1.54, 1.807) is 0 Å². The Morgan fingerprint density at radius 1 is 1.08 bits per heavy atom. The van der Waals surface area contributed by atoms with Gasteiger partial charge in [0, 0.05) is 0 Å². The first-order valence-electron chi connectivity index (χ1n) is 10.1. The summed E-state index contributed by atoms with van der Waals surface area (Å²) in [4.78, 5) is 0. The summed E-state index contributed by atoms with van der Waals surface area (Å²) in [7, 11) is 0. The van der Waals surface area contributed by atoms with Gasteiger partial charge in [0.05, 0.1) is 18.2 Å². The van der Waals surface area contributed by atoms with Crippen LogP contribution in [0.4, 0.5) is 0 Å². The molecule has 26 heavy (non-hydrogen) atoms. The van der Waals surface area contributed by atoms with Gasteiger partial charge in [-0.3, -0.25) is 0 Å². The molecule has 142 valence electrons. The molecule has 1 fully saturated rings. The average molecular weight is 356 g/mol. The molecule has 0 saturated heterocycles. The maximum absolute atomic E-state index is 9.47. The minimum Gasteiger partial charge on any atom is -0.490 e. The van der Waals surface area contributed by atoms with Crippen molar-refractivity contribution in [1.82, 2.24) is 0 Å². The molecule has 1 saturated carbocycles. The third-order valence-electron chi connectivity index (χ3n) is 5.86. The van der Waals surface area contributed by atoms with Gasteiger partial charge >= 0.3 is 0 Å². The SMILES string of the molecule is CCCC[C@H]1CC[C@@H](Oc2ccc3cc([C@@](C)(N)CO)ccc3c2)CC1. The highest BCUT2D eigenvalue weighted by atomic mass is 16.5. The fourth-order valence-corrected chi connectivity index (χ4v) is 3.97. The lowest BCUT2D eigenvalue weighted by atomic mass is 9.84. The molecule has 0 bridgehead atoms. The Hall–Kier alpha value is -1.58. The van der Waals surface area contributed by atoms with Gasteiger partial charge in [-0.1, -0.05) is 44.4 Å². The zero-order chi connectivity index (χ0) is 18.6. The molecule has 0 heterocycles. The van der Waals surface area contributed by atoms with Gasteiger partial charge in [-0.25, -0.2) is 0 Å². The zero-order valence-electron chi connectivity index (χ0n) is 16.2. The fraction of sp³-hybridized carbons (Fsp3) is 0.565. The third-order valence-corrected chi connectivity index (χ3v) is 5.86. The number of unbranched alkanes of at least 4 members (excludes halogenated alkanes) is 1. The first kappa shape index (κ1) is 19.2. The molecule has 0 radical (unpaired) electrons. The van der Waals surface area contributed by atoms with Crippen molar-refractivity contribution in [1.29, 1.82) is 0 Å². The highest BCUT2D eigenvalue weighted by Gasteiger charge is 2.22. The Labute approximate surface area is 157 Å².